The lowest BCUT2D eigenvalue weighted by Crippen LogP contribution is -2.29. The molecule has 0 bridgehead atoms. The molecule has 0 spiro atoms. The van der Waals surface area contributed by atoms with Crippen LogP contribution in [0.5, 0.6) is 5.75 Å². The lowest BCUT2D eigenvalue weighted by atomic mass is 9.95. The van der Waals surface area contributed by atoms with E-state index in [-0.39, 0.29) is 16.9 Å². The third-order valence-corrected chi connectivity index (χ3v) is 6.50. The van der Waals surface area contributed by atoms with E-state index in [1.807, 2.05) is 25.1 Å². The molecule has 1 saturated heterocycles. The Morgan fingerprint density at radius 1 is 1.06 bits per heavy atom. The zero-order valence-corrected chi connectivity index (χ0v) is 18.1. The van der Waals surface area contributed by atoms with Gasteiger partial charge in [-0.25, -0.2) is 9.37 Å². The van der Waals surface area contributed by atoms with Gasteiger partial charge in [0, 0.05) is 5.56 Å². The number of Topliss-reactive ketones (excluding diaryl/α,β-unsaturated/α-hetero) is 1. The summed E-state index contributed by atoms with van der Waals surface area (Å²) in [6.45, 7) is 1.94. The number of benzene rings is 3. The molecule has 1 aliphatic rings. The number of nitrogens with zero attached hydrogens (tertiary/aromatic N) is 2. The molecule has 5 rings (SSSR count). The summed E-state index contributed by atoms with van der Waals surface area (Å²) in [6.07, 6.45) is 0. The lowest BCUT2D eigenvalue weighted by molar-refractivity contribution is -0.132. The van der Waals surface area contributed by atoms with Gasteiger partial charge in [0.15, 0.2) is 5.13 Å². The van der Waals surface area contributed by atoms with Gasteiger partial charge in [0.05, 0.1) is 21.8 Å². The van der Waals surface area contributed by atoms with Crippen LogP contribution in [0.2, 0.25) is 0 Å². The monoisotopic (exact) mass is 460 g/mol. The minimum Gasteiger partial charge on any atom is -0.508 e. The van der Waals surface area contributed by atoms with Crippen LogP contribution in [0.3, 0.4) is 0 Å². The number of carbonyl (C=O) groups excluding carboxylic acids is 2. The fourth-order valence-corrected chi connectivity index (χ4v) is 5.02. The molecule has 3 aromatic carbocycles. The van der Waals surface area contributed by atoms with Gasteiger partial charge in [0.25, 0.3) is 5.78 Å². The third kappa shape index (κ3) is 3.54. The predicted octanol–water partition coefficient (Wildman–Crippen LogP) is 5.08. The zero-order chi connectivity index (χ0) is 23.3. The number of aliphatic hydroxyl groups is 1. The standard InChI is InChI=1S/C25H17FN2O4S/c1-13-5-10-18-19(11-13)33-25(27-18)28-21(15-3-2-4-17(29)12-15)20(23(31)24(28)32)22(30)14-6-8-16(26)9-7-14/h2-12,21,29-30H,1H3. The molecule has 0 radical (unpaired) electrons. The number of halogens is 1. The van der Waals surface area contributed by atoms with Crippen LogP contribution in [0.4, 0.5) is 9.52 Å². The molecule has 2 N–H and O–H groups in total. The highest BCUT2D eigenvalue weighted by Crippen LogP contribution is 2.44. The smallest absolute Gasteiger partial charge is 0.301 e. The molecule has 8 heteroatoms. The molecule has 1 unspecified atom stereocenters. The molecule has 1 fully saturated rings. The first-order chi connectivity index (χ1) is 15.8. The number of aryl methyl sites for hydroxylation is 1. The summed E-state index contributed by atoms with van der Waals surface area (Å²) in [5.74, 6) is -2.72. The molecule has 1 aliphatic heterocycles. The van der Waals surface area contributed by atoms with Gasteiger partial charge >= 0.3 is 5.91 Å². The molecule has 1 aromatic heterocycles. The second kappa shape index (κ2) is 7.83. The normalized spacial score (nSPS) is 17.8. The summed E-state index contributed by atoms with van der Waals surface area (Å²) in [6, 6.07) is 15.8. The van der Waals surface area contributed by atoms with Crippen molar-refractivity contribution >= 4 is 44.1 Å². The van der Waals surface area contributed by atoms with E-state index in [4.69, 9.17) is 0 Å². The number of thiazole rings is 1. The number of hydrogen-bond acceptors (Lipinski definition) is 6. The highest BCUT2D eigenvalue weighted by molar-refractivity contribution is 7.22. The number of phenols is 1. The Morgan fingerprint density at radius 3 is 2.55 bits per heavy atom. The van der Waals surface area contributed by atoms with Crippen LogP contribution in [-0.4, -0.2) is 26.9 Å². The zero-order valence-electron chi connectivity index (χ0n) is 17.3. The van der Waals surface area contributed by atoms with Crippen molar-refractivity contribution < 1.29 is 24.2 Å². The number of fused-ring (bicyclic) bond motifs is 1. The van der Waals surface area contributed by atoms with Crippen molar-refractivity contribution in [2.24, 2.45) is 0 Å². The van der Waals surface area contributed by atoms with Crippen LogP contribution in [0, 0.1) is 12.7 Å². The van der Waals surface area contributed by atoms with Crippen molar-refractivity contribution in [3.8, 4) is 5.75 Å². The van der Waals surface area contributed by atoms with E-state index in [9.17, 15) is 24.2 Å². The van der Waals surface area contributed by atoms with Gasteiger partial charge in [-0.05, 0) is 66.6 Å². The van der Waals surface area contributed by atoms with E-state index in [1.54, 1.807) is 12.1 Å². The Bertz CT molecular complexity index is 1460. The number of rotatable bonds is 3. The minimum atomic E-state index is -1.02. The van der Waals surface area contributed by atoms with Crippen molar-refractivity contribution in [2.45, 2.75) is 13.0 Å². The van der Waals surface area contributed by atoms with Crippen LogP contribution in [-0.2, 0) is 9.59 Å². The number of aromatic hydroxyl groups is 1. The van der Waals surface area contributed by atoms with Crippen molar-refractivity contribution in [3.05, 3.63) is 94.8 Å². The molecular formula is C25H17FN2O4S. The number of aromatic nitrogens is 1. The molecule has 6 nitrogen and oxygen atoms in total. The Hall–Kier alpha value is -4.04. The number of phenolic OH excluding ortho intramolecular Hbond substituents is 1. The van der Waals surface area contributed by atoms with E-state index in [2.05, 4.69) is 4.98 Å². The largest absolute Gasteiger partial charge is 0.508 e. The SMILES string of the molecule is Cc1ccc2nc(N3C(=O)C(=O)C(=C(O)c4ccc(F)cc4)C3c3cccc(O)c3)sc2c1. The molecule has 164 valence electrons. The number of hydrogen-bond donors (Lipinski definition) is 2. The third-order valence-electron chi connectivity index (χ3n) is 5.49. The van der Waals surface area contributed by atoms with E-state index in [1.165, 1.54) is 40.5 Å². The molecule has 4 aromatic rings. The van der Waals surface area contributed by atoms with E-state index in [0.29, 0.717) is 16.2 Å². The number of aliphatic hydroxyl groups excluding tert-OH is 1. The highest BCUT2D eigenvalue weighted by atomic mass is 32.1. The van der Waals surface area contributed by atoms with Gasteiger partial charge in [-0.3, -0.25) is 14.5 Å². The summed E-state index contributed by atoms with van der Waals surface area (Å²) >= 11 is 1.25. The maximum Gasteiger partial charge on any atom is 0.301 e. The molecule has 0 saturated carbocycles. The van der Waals surface area contributed by atoms with Gasteiger partial charge in [-0.2, -0.15) is 0 Å². The summed E-state index contributed by atoms with van der Waals surface area (Å²) in [5, 5.41) is 21.4. The van der Waals surface area contributed by atoms with Crippen molar-refractivity contribution in [1.29, 1.82) is 0 Å². The molecule has 2 heterocycles. The van der Waals surface area contributed by atoms with Gasteiger partial charge in [0.1, 0.15) is 17.3 Å². The lowest BCUT2D eigenvalue weighted by Gasteiger charge is -2.23. The molecule has 1 atom stereocenters. The fourth-order valence-electron chi connectivity index (χ4n) is 3.93. The Labute approximate surface area is 191 Å². The number of amides is 1. The first-order valence-corrected chi connectivity index (χ1v) is 10.9. The number of anilines is 1. The summed E-state index contributed by atoms with van der Waals surface area (Å²) in [4.78, 5) is 32.1. The van der Waals surface area contributed by atoms with Crippen LogP contribution in [0.15, 0.2) is 72.3 Å². The minimum absolute atomic E-state index is 0.0557. The van der Waals surface area contributed by atoms with Crippen molar-refractivity contribution in [1.82, 2.24) is 4.98 Å². The van der Waals surface area contributed by atoms with E-state index in [0.717, 1.165) is 22.4 Å². The summed E-state index contributed by atoms with van der Waals surface area (Å²) in [5.41, 5.74) is 2.16. The predicted molar refractivity (Wildman–Crippen MR) is 124 cm³/mol. The molecule has 1 amide bonds. The maximum absolute atomic E-state index is 13.4. The van der Waals surface area contributed by atoms with Crippen LogP contribution in [0.25, 0.3) is 16.0 Å². The topological polar surface area (TPSA) is 90.7 Å². The first-order valence-electron chi connectivity index (χ1n) is 10.1. The molecule has 33 heavy (non-hydrogen) atoms. The Morgan fingerprint density at radius 2 is 1.82 bits per heavy atom. The van der Waals surface area contributed by atoms with Gasteiger partial charge < -0.3 is 10.2 Å². The molecule has 0 aliphatic carbocycles. The fraction of sp³-hybridized carbons (Fsp3) is 0.0800. The first kappa shape index (κ1) is 20.8. The second-order valence-electron chi connectivity index (χ2n) is 7.74. The second-order valence-corrected chi connectivity index (χ2v) is 8.75. The molecular weight excluding hydrogens is 443 g/mol. The number of ketones is 1. The van der Waals surface area contributed by atoms with Crippen LogP contribution in [0.1, 0.15) is 22.7 Å². The Kier molecular flexibility index (Phi) is 4.94. The summed E-state index contributed by atoms with van der Waals surface area (Å²) < 4.78 is 14.3. The Balaban J connectivity index is 1.74. The van der Waals surface area contributed by atoms with Crippen molar-refractivity contribution in [3.63, 3.8) is 0 Å². The van der Waals surface area contributed by atoms with E-state index < -0.39 is 29.3 Å². The van der Waals surface area contributed by atoms with Gasteiger partial charge in [-0.1, -0.05) is 29.5 Å². The quantitative estimate of drug-likeness (QED) is 0.253. The maximum atomic E-state index is 13.4. The van der Waals surface area contributed by atoms with E-state index >= 15 is 0 Å². The average Bonchev–Trinajstić information content (AvgIpc) is 3.32. The van der Waals surface area contributed by atoms with Crippen molar-refractivity contribution in [2.75, 3.05) is 4.90 Å². The average molecular weight is 460 g/mol. The van der Waals surface area contributed by atoms with Crippen LogP contribution < -0.4 is 4.90 Å². The van der Waals surface area contributed by atoms with Gasteiger partial charge in [-0.15, -0.1) is 0 Å². The number of carbonyl (C=O) groups is 2. The van der Waals surface area contributed by atoms with Gasteiger partial charge in [0.2, 0.25) is 0 Å². The van der Waals surface area contributed by atoms with Crippen LogP contribution >= 0.6 is 11.3 Å². The summed E-state index contributed by atoms with van der Waals surface area (Å²) in [7, 11) is 0. The highest BCUT2D eigenvalue weighted by Gasteiger charge is 2.48.